The molecule has 0 amide bonds. The van der Waals surface area contributed by atoms with Gasteiger partial charge in [-0.15, -0.1) is 0 Å². The van der Waals surface area contributed by atoms with Crippen molar-refractivity contribution in [3.8, 4) is 0 Å². The molecule has 1 atom stereocenters. The van der Waals surface area contributed by atoms with Crippen LogP contribution in [0.15, 0.2) is 30.5 Å². The van der Waals surface area contributed by atoms with Gasteiger partial charge in [-0.1, -0.05) is 18.2 Å². The topological polar surface area (TPSA) is 85.3 Å². The van der Waals surface area contributed by atoms with Crippen LogP contribution in [0.5, 0.6) is 0 Å². The first-order chi connectivity index (χ1) is 11.4. The van der Waals surface area contributed by atoms with E-state index in [1.165, 1.54) is 0 Å². The third-order valence-corrected chi connectivity index (χ3v) is 4.57. The highest BCUT2D eigenvalue weighted by Gasteiger charge is 2.32. The average molecular weight is 344 g/mol. The second-order valence-corrected chi connectivity index (χ2v) is 8.36. The Hall–Kier alpha value is -2.14. The van der Waals surface area contributed by atoms with Crippen molar-refractivity contribution in [3.63, 3.8) is 0 Å². The number of hydrogen-bond donors (Lipinski definition) is 2. The summed E-state index contributed by atoms with van der Waals surface area (Å²) in [5.74, 6) is -1.21. The van der Waals surface area contributed by atoms with Crippen molar-refractivity contribution in [2.24, 2.45) is 11.1 Å². The van der Waals surface area contributed by atoms with E-state index in [2.05, 4.69) is 37.6 Å². The Morgan fingerprint density at radius 1 is 1.16 bits per heavy atom. The van der Waals surface area contributed by atoms with Gasteiger partial charge < -0.3 is 15.4 Å². The van der Waals surface area contributed by atoms with Gasteiger partial charge in [0.15, 0.2) is 5.78 Å². The van der Waals surface area contributed by atoms with Crippen LogP contribution in [0.1, 0.15) is 46.6 Å². The molecule has 0 saturated carbocycles. The monoisotopic (exact) mass is 344 g/mol. The van der Waals surface area contributed by atoms with Crippen molar-refractivity contribution in [2.75, 3.05) is 0 Å². The van der Waals surface area contributed by atoms with Crippen LogP contribution in [0.3, 0.4) is 0 Å². The molecule has 0 fully saturated rings. The Kier molecular flexibility index (Phi) is 5.09. The Morgan fingerprint density at radius 2 is 1.76 bits per heavy atom. The first kappa shape index (κ1) is 19.2. The summed E-state index contributed by atoms with van der Waals surface area (Å²) in [5, 5.41) is 10.3. The van der Waals surface area contributed by atoms with Gasteiger partial charge in [0.2, 0.25) is 0 Å². The van der Waals surface area contributed by atoms with E-state index >= 15 is 0 Å². The fraction of sp³-hybridized carbons (Fsp3) is 0.500. The molecule has 0 saturated heterocycles. The van der Waals surface area contributed by atoms with Crippen LogP contribution in [-0.2, 0) is 21.5 Å². The summed E-state index contributed by atoms with van der Waals surface area (Å²) in [7, 11) is 0. The molecule has 1 aromatic carbocycles. The molecule has 136 valence electrons. The quantitative estimate of drug-likeness (QED) is 0.841. The molecule has 0 aliphatic rings. The normalized spacial score (nSPS) is 13.8. The van der Waals surface area contributed by atoms with Gasteiger partial charge in [-0.05, 0) is 52.7 Å². The van der Waals surface area contributed by atoms with Crippen LogP contribution in [0.25, 0.3) is 10.9 Å². The van der Waals surface area contributed by atoms with Crippen LogP contribution < -0.4 is 5.73 Å². The lowest BCUT2D eigenvalue weighted by atomic mass is 9.85. The Labute approximate surface area is 148 Å². The highest BCUT2D eigenvalue weighted by atomic mass is 16.4. The summed E-state index contributed by atoms with van der Waals surface area (Å²) >= 11 is 0. The zero-order chi connectivity index (χ0) is 19.0. The van der Waals surface area contributed by atoms with Crippen molar-refractivity contribution in [1.29, 1.82) is 0 Å². The van der Waals surface area contributed by atoms with Crippen molar-refractivity contribution < 1.29 is 14.7 Å². The van der Waals surface area contributed by atoms with E-state index in [4.69, 9.17) is 5.73 Å². The summed E-state index contributed by atoms with van der Waals surface area (Å²) < 4.78 is 2.19. The lowest BCUT2D eigenvalue weighted by Gasteiger charge is -2.22. The number of Topliss-reactive ketones (excluding diaryl/α,β-unsaturated/α-hetero) is 1. The molecule has 1 heterocycles. The number of hydrogen-bond acceptors (Lipinski definition) is 3. The van der Waals surface area contributed by atoms with E-state index in [0.29, 0.717) is 6.42 Å². The molecule has 0 radical (unpaired) electrons. The average Bonchev–Trinajstić information content (AvgIpc) is 2.85. The maximum absolute atomic E-state index is 12.4. The van der Waals surface area contributed by atoms with E-state index in [0.717, 1.165) is 16.5 Å². The van der Waals surface area contributed by atoms with Crippen LogP contribution in [0.4, 0.5) is 0 Å². The fourth-order valence-corrected chi connectivity index (χ4v) is 2.96. The predicted octanol–water partition coefficient (Wildman–Crippen LogP) is 3.34. The standard InChI is InChI=1S/C20H28N2O3/c1-19(2,3)22-12-13(14-8-6-7-9-16(14)22)10-15(21)17(23)11-20(4,5)18(24)25/h6-9,12,15H,10-11,21H2,1-5H3,(H,24,25)/t15-/m1/s1. The number of carbonyl (C=O) groups is 2. The number of nitrogens with zero attached hydrogens (tertiary/aromatic N) is 1. The molecular weight excluding hydrogens is 316 g/mol. The number of carboxylic acids is 1. The molecule has 0 aliphatic heterocycles. The Balaban J connectivity index is 2.29. The zero-order valence-electron chi connectivity index (χ0n) is 15.7. The number of aliphatic carboxylic acids is 1. The van der Waals surface area contributed by atoms with Crippen LogP contribution >= 0.6 is 0 Å². The van der Waals surface area contributed by atoms with Gasteiger partial charge in [-0.2, -0.15) is 0 Å². The van der Waals surface area contributed by atoms with Gasteiger partial charge in [0.1, 0.15) is 0 Å². The third-order valence-electron chi connectivity index (χ3n) is 4.57. The summed E-state index contributed by atoms with van der Waals surface area (Å²) in [5.41, 5.74) is 7.05. The molecule has 0 spiro atoms. The molecule has 0 bridgehead atoms. The zero-order valence-corrected chi connectivity index (χ0v) is 15.7. The number of rotatable bonds is 6. The molecule has 5 nitrogen and oxygen atoms in total. The third kappa shape index (κ3) is 4.10. The minimum absolute atomic E-state index is 0.0680. The molecular formula is C20H28N2O3. The van der Waals surface area contributed by atoms with E-state index in [9.17, 15) is 14.7 Å². The first-order valence-corrected chi connectivity index (χ1v) is 8.54. The van der Waals surface area contributed by atoms with Gasteiger partial charge in [-0.25, -0.2) is 0 Å². The van der Waals surface area contributed by atoms with Crippen LogP contribution in [0.2, 0.25) is 0 Å². The van der Waals surface area contributed by atoms with E-state index in [-0.39, 0.29) is 17.7 Å². The second kappa shape index (κ2) is 6.64. The molecule has 0 unspecified atom stereocenters. The molecule has 5 heteroatoms. The number of fused-ring (bicyclic) bond motifs is 1. The van der Waals surface area contributed by atoms with Crippen LogP contribution in [0, 0.1) is 5.41 Å². The maximum atomic E-state index is 12.4. The van der Waals surface area contributed by atoms with Gasteiger partial charge in [0, 0.05) is 29.1 Å². The number of benzene rings is 1. The molecule has 2 rings (SSSR count). The molecule has 0 aliphatic carbocycles. The van der Waals surface area contributed by atoms with Crippen molar-refractivity contribution in [2.45, 2.75) is 59.0 Å². The van der Waals surface area contributed by atoms with Crippen molar-refractivity contribution in [3.05, 3.63) is 36.0 Å². The maximum Gasteiger partial charge on any atom is 0.309 e. The number of nitrogens with two attached hydrogens (primary N) is 1. The number of carboxylic acid groups (broad SMARTS) is 1. The highest BCUT2D eigenvalue weighted by Crippen LogP contribution is 2.29. The summed E-state index contributed by atoms with van der Waals surface area (Å²) in [6.45, 7) is 9.48. The minimum Gasteiger partial charge on any atom is -0.481 e. The van der Waals surface area contributed by atoms with Gasteiger partial charge >= 0.3 is 5.97 Å². The molecule has 2 aromatic rings. The number of carbonyl (C=O) groups excluding carboxylic acids is 1. The van der Waals surface area contributed by atoms with E-state index < -0.39 is 17.4 Å². The molecule has 3 N–H and O–H groups in total. The van der Waals surface area contributed by atoms with Crippen molar-refractivity contribution in [1.82, 2.24) is 4.57 Å². The minimum atomic E-state index is -1.10. The molecule has 1 aromatic heterocycles. The van der Waals surface area contributed by atoms with Gasteiger partial charge in [-0.3, -0.25) is 9.59 Å². The first-order valence-electron chi connectivity index (χ1n) is 8.54. The van der Waals surface area contributed by atoms with Crippen molar-refractivity contribution >= 4 is 22.7 Å². The van der Waals surface area contributed by atoms with Gasteiger partial charge in [0.25, 0.3) is 0 Å². The lowest BCUT2D eigenvalue weighted by Crippen LogP contribution is -2.37. The number of aromatic nitrogens is 1. The summed E-state index contributed by atoms with van der Waals surface area (Å²) in [4.78, 5) is 23.6. The predicted molar refractivity (Wildman–Crippen MR) is 99.7 cm³/mol. The van der Waals surface area contributed by atoms with Gasteiger partial charge in [0.05, 0.1) is 11.5 Å². The number of ketones is 1. The summed E-state index contributed by atoms with van der Waals surface area (Å²) in [6, 6.07) is 7.35. The fourth-order valence-electron chi connectivity index (χ4n) is 2.96. The van der Waals surface area contributed by atoms with E-state index in [1.807, 2.05) is 18.2 Å². The Bertz CT molecular complexity index is 797. The van der Waals surface area contributed by atoms with E-state index in [1.54, 1.807) is 13.8 Å². The molecule has 25 heavy (non-hydrogen) atoms. The SMILES string of the molecule is CC(C)(CC(=O)[C@H](N)Cc1cn(C(C)(C)C)c2ccccc12)C(=O)O. The highest BCUT2D eigenvalue weighted by molar-refractivity contribution is 5.90. The smallest absolute Gasteiger partial charge is 0.309 e. The lowest BCUT2D eigenvalue weighted by molar-refractivity contribution is -0.149. The number of para-hydroxylation sites is 1. The largest absolute Gasteiger partial charge is 0.481 e. The van der Waals surface area contributed by atoms with Crippen LogP contribution in [-0.4, -0.2) is 27.5 Å². The second-order valence-electron chi connectivity index (χ2n) is 8.36. The summed E-state index contributed by atoms with van der Waals surface area (Å²) in [6.07, 6.45) is 2.39. The Morgan fingerprint density at radius 3 is 2.32 bits per heavy atom.